The molecule has 3 aliphatic rings. The van der Waals surface area contributed by atoms with Crippen LogP contribution in [0.25, 0.3) is 0 Å². The summed E-state index contributed by atoms with van der Waals surface area (Å²) < 4.78 is 0. The molecule has 0 radical (unpaired) electrons. The second-order valence-corrected chi connectivity index (χ2v) is 7.91. The predicted molar refractivity (Wildman–Crippen MR) is 102 cm³/mol. The first-order valence-corrected chi connectivity index (χ1v) is 9.53. The second-order valence-electron chi connectivity index (χ2n) is 7.91. The van der Waals surface area contributed by atoms with Crippen LogP contribution in [-0.4, -0.2) is 83.6 Å². The van der Waals surface area contributed by atoms with Crippen LogP contribution < -0.4 is 0 Å². The number of nitrogens with zero attached hydrogens (tertiary/aromatic N) is 5. The van der Waals surface area contributed by atoms with Crippen molar-refractivity contribution in [2.24, 2.45) is 0 Å². The van der Waals surface area contributed by atoms with Crippen molar-refractivity contribution >= 4 is 5.91 Å². The van der Waals surface area contributed by atoms with Gasteiger partial charge in [0.2, 0.25) is 0 Å². The van der Waals surface area contributed by atoms with Crippen molar-refractivity contribution in [3.8, 4) is 0 Å². The zero-order valence-electron chi connectivity index (χ0n) is 15.8. The lowest BCUT2D eigenvalue weighted by molar-refractivity contribution is -0.127. The van der Waals surface area contributed by atoms with Crippen molar-refractivity contribution in [1.82, 2.24) is 24.5 Å². The summed E-state index contributed by atoms with van der Waals surface area (Å²) in [5.41, 5.74) is 2.24. The third-order valence-corrected chi connectivity index (χ3v) is 5.51. The lowest BCUT2D eigenvalue weighted by atomic mass is 10.0. The molecule has 3 aliphatic heterocycles. The van der Waals surface area contributed by atoms with E-state index in [0.29, 0.717) is 6.04 Å². The van der Waals surface area contributed by atoms with Crippen LogP contribution in [0.2, 0.25) is 0 Å². The number of benzene rings is 1. The van der Waals surface area contributed by atoms with Crippen LogP contribution in [0.15, 0.2) is 42.2 Å². The third-order valence-electron chi connectivity index (χ3n) is 5.51. The van der Waals surface area contributed by atoms with Gasteiger partial charge in [-0.1, -0.05) is 30.3 Å². The highest BCUT2D eigenvalue weighted by Gasteiger charge is 2.41. The average molecular weight is 355 g/mol. The SMILES string of the molecule is CN(C)CN1C=C2C(=O)N(C3CCN(Cc4ccccc4)CC3)CN2C1. The number of hydrogen-bond acceptors (Lipinski definition) is 5. The molecule has 1 aromatic carbocycles. The number of carbonyl (C=O) groups is 1. The Kier molecular flexibility index (Phi) is 4.87. The van der Waals surface area contributed by atoms with Crippen molar-refractivity contribution in [2.75, 3.05) is 47.2 Å². The van der Waals surface area contributed by atoms with Gasteiger partial charge in [0.05, 0.1) is 20.0 Å². The fraction of sp³-hybridized carbons (Fsp3) is 0.550. The minimum Gasteiger partial charge on any atom is -0.345 e. The number of amides is 1. The minimum absolute atomic E-state index is 0.216. The maximum Gasteiger partial charge on any atom is 0.273 e. The maximum atomic E-state index is 12.9. The molecule has 0 N–H and O–H groups in total. The summed E-state index contributed by atoms with van der Waals surface area (Å²) in [5.74, 6) is 0.216. The molecule has 4 rings (SSSR count). The second kappa shape index (κ2) is 7.29. The molecule has 6 heteroatoms. The van der Waals surface area contributed by atoms with E-state index >= 15 is 0 Å². The molecular weight excluding hydrogens is 326 g/mol. The normalized spacial score (nSPS) is 21.7. The number of likely N-dealkylation sites (tertiary alicyclic amines) is 1. The van der Waals surface area contributed by atoms with E-state index in [9.17, 15) is 4.79 Å². The first-order valence-electron chi connectivity index (χ1n) is 9.53. The number of carbonyl (C=O) groups excluding carboxylic acids is 1. The number of rotatable bonds is 5. The first kappa shape index (κ1) is 17.4. The quantitative estimate of drug-likeness (QED) is 0.797. The molecule has 3 heterocycles. The van der Waals surface area contributed by atoms with Crippen molar-refractivity contribution in [3.05, 3.63) is 47.8 Å². The van der Waals surface area contributed by atoms with Crippen molar-refractivity contribution in [1.29, 1.82) is 0 Å². The summed E-state index contributed by atoms with van der Waals surface area (Å²) in [7, 11) is 4.11. The van der Waals surface area contributed by atoms with E-state index in [0.717, 1.165) is 58.2 Å². The van der Waals surface area contributed by atoms with E-state index in [4.69, 9.17) is 0 Å². The average Bonchev–Trinajstić information content (AvgIpc) is 3.15. The largest absolute Gasteiger partial charge is 0.345 e. The molecule has 1 amide bonds. The first-order chi connectivity index (χ1) is 12.6. The van der Waals surface area contributed by atoms with Gasteiger partial charge in [-0.3, -0.25) is 14.6 Å². The van der Waals surface area contributed by atoms with Crippen molar-refractivity contribution < 1.29 is 4.79 Å². The topological polar surface area (TPSA) is 33.3 Å². The number of piperidine rings is 1. The highest BCUT2D eigenvalue weighted by Crippen LogP contribution is 2.29. The summed E-state index contributed by atoms with van der Waals surface area (Å²) in [4.78, 5) is 24.0. The van der Waals surface area contributed by atoms with Crippen LogP contribution >= 0.6 is 0 Å². The summed E-state index contributed by atoms with van der Waals surface area (Å²) in [5, 5.41) is 0. The summed E-state index contributed by atoms with van der Waals surface area (Å²) in [6.07, 6.45) is 4.18. The van der Waals surface area contributed by atoms with Gasteiger partial charge < -0.3 is 14.7 Å². The monoisotopic (exact) mass is 355 g/mol. The van der Waals surface area contributed by atoms with Gasteiger partial charge in [-0.2, -0.15) is 0 Å². The maximum absolute atomic E-state index is 12.9. The highest BCUT2D eigenvalue weighted by atomic mass is 16.2. The smallest absolute Gasteiger partial charge is 0.273 e. The molecule has 2 saturated heterocycles. The van der Waals surface area contributed by atoms with Gasteiger partial charge in [0.1, 0.15) is 5.70 Å². The molecule has 2 fully saturated rings. The Balaban J connectivity index is 1.31. The van der Waals surface area contributed by atoms with Crippen LogP contribution in [-0.2, 0) is 11.3 Å². The molecule has 6 nitrogen and oxygen atoms in total. The van der Waals surface area contributed by atoms with Gasteiger partial charge in [0, 0.05) is 31.9 Å². The summed E-state index contributed by atoms with van der Waals surface area (Å²) in [6, 6.07) is 11.0. The molecule has 0 spiro atoms. The fourth-order valence-electron chi connectivity index (χ4n) is 4.26. The molecule has 1 aromatic rings. The van der Waals surface area contributed by atoms with Gasteiger partial charge in [0.15, 0.2) is 0 Å². The number of fused-ring (bicyclic) bond motifs is 1. The number of hydrogen-bond donors (Lipinski definition) is 0. The molecule has 26 heavy (non-hydrogen) atoms. The van der Waals surface area contributed by atoms with E-state index in [1.165, 1.54) is 5.56 Å². The van der Waals surface area contributed by atoms with Crippen LogP contribution in [0.4, 0.5) is 0 Å². The zero-order valence-corrected chi connectivity index (χ0v) is 15.8. The fourth-order valence-corrected chi connectivity index (χ4v) is 4.26. The van der Waals surface area contributed by atoms with Gasteiger partial charge in [0.25, 0.3) is 5.91 Å². The Labute approximate surface area is 156 Å². The Morgan fingerprint density at radius 2 is 1.81 bits per heavy atom. The molecule has 140 valence electrons. The summed E-state index contributed by atoms with van der Waals surface area (Å²) >= 11 is 0. The third kappa shape index (κ3) is 3.57. The highest BCUT2D eigenvalue weighted by molar-refractivity contribution is 5.95. The van der Waals surface area contributed by atoms with Gasteiger partial charge in [-0.05, 0) is 32.5 Å². The lowest BCUT2D eigenvalue weighted by Gasteiger charge is -2.36. The van der Waals surface area contributed by atoms with Crippen LogP contribution in [0.5, 0.6) is 0 Å². The van der Waals surface area contributed by atoms with E-state index in [2.05, 4.69) is 68.9 Å². The lowest BCUT2D eigenvalue weighted by Crippen LogP contribution is -2.46. The summed E-state index contributed by atoms with van der Waals surface area (Å²) in [6.45, 7) is 5.56. The molecule has 0 saturated carbocycles. The van der Waals surface area contributed by atoms with Crippen LogP contribution in [0, 0.1) is 0 Å². The van der Waals surface area contributed by atoms with Crippen LogP contribution in [0.3, 0.4) is 0 Å². The molecule has 0 aliphatic carbocycles. The van der Waals surface area contributed by atoms with Crippen molar-refractivity contribution in [3.63, 3.8) is 0 Å². The Morgan fingerprint density at radius 3 is 2.46 bits per heavy atom. The van der Waals surface area contributed by atoms with E-state index in [1.807, 2.05) is 6.20 Å². The standard InChI is InChI=1S/C20H29N5O/c1-21(2)14-23-13-19-20(26)25(16-24(19)15-23)18-8-10-22(11-9-18)12-17-6-4-3-5-7-17/h3-7,13,18H,8-12,14-16H2,1-2H3. The van der Waals surface area contributed by atoms with Gasteiger partial charge >= 0.3 is 0 Å². The van der Waals surface area contributed by atoms with Crippen molar-refractivity contribution in [2.45, 2.75) is 25.4 Å². The van der Waals surface area contributed by atoms with E-state index in [1.54, 1.807) is 0 Å². The predicted octanol–water partition coefficient (Wildman–Crippen LogP) is 1.39. The molecular formula is C20H29N5O. The molecule has 0 unspecified atom stereocenters. The zero-order chi connectivity index (χ0) is 18.1. The van der Waals surface area contributed by atoms with E-state index in [-0.39, 0.29) is 5.91 Å². The van der Waals surface area contributed by atoms with E-state index < -0.39 is 0 Å². The molecule has 0 aromatic heterocycles. The Hall–Kier alpha value is -2.05. The Morgan fingerprint density at radius 1 is 1.08 bits per heavy atom. The molecule has 0 bridgehead atoms. The Bertz CT molecular complexity index is 666. The minimum atomic E-state index is 0.216. The molecule has 0 atom stereocenters. The van der Waals surface area contributed by atoms with Crippen LogP contribution in [0.1, 0.15) is 18.4 Å². The van der Waals surface area contributed by atoms with Gasteiger partial charge in [-0.15, -0.1) is 0 Å². The van der Waals surface area contributed by atoms with Gasteiger partial charge in [-0.25, -0.2) is 0 Å².